The number of methoxy groups -OCH3 is 2. The van der Waals surface area contributed by atoms with Crippen LogP contribution >= 0.6 is 23.2 Å². The molecule has 29 heavy (non-hydrogen) atoms. The smallest absolute Gasteiger partial charge is 0.246 e. The van der Waals surface area contributed by atoms with E-state index in [1.807, 2.05) is 0 Å². The Bertz CT molecular complexity index is 867. The van der Waals surface area contributed by atoms with Crippen LogP contribution in [-0.4, -0.2) is 26.3 Å². The fourth-order valence-corrected chi connectivity index (χ4v) is 7.78. The Hall–Kier alpha value is -1.46. The maximum absolute atomic E-state index is 13.2. The van der Waals surface area contributed by atoms with Crippen molar-refractivity contribution < 1.29 is 14.3 Å². The summed E-state index contributed by atoms with van der Waals surface area (Å²) in [5.74, 6) is 1.43. The molecule has 158 valence electrons. The number of rotatable bonds is 5. The number of hydrogen-bond acceptors (Lipinski definition) is 4. The number of ether oxygens (including phenoxy) is 2. The van der Waals surface area contributed by atoms with Crippen LogP contribution in [-0.2, 0) is 4.79 Å². The first-order valence-corrected chi connectivity index (χ1v) is 10.8. The molecule has 0 aliphatic heterocycles. The molecule has 0 saturated heterocycles. The van der Waals surface area contributed by atoms with Crippen LogP contribution in [0, 0.1) is 22.2 Å². The summed E-state index contributed by atoms with van der Waals surface area (Å²) in [5, 5.41) is 4.86. The van der Waals surface area contributed by atoms with Gasteiger partial charge in [-0.05, 0) is 61.3 Å². The van der Waals surface area contributed by atoms with Crippen molar-refractivity contribution in [3.8, 4) is 11.5 Å². The lowest BCUT2D eigenvalue weighted by Crippen LogP contribution is -2.59. The Balaban J connectivity index is 1.54. The Morgan fingerprint density at radius 2 is 1.72 bits per heavy atom. The SMILES string of the molecule is COc1c(Cl)cc(/C=N/NC(=O)C23CC4CC(C)(CC(C)(C4)C2)C3)c(OC)c1Cl. The molecule has 1 amide bonds. The van der Waals surface area contributed by atoms with Crippen LogP contribution in [0.3, 0.4) is 0 Å². The van der Waals surface area contributed by atoms with Gasteiger partial charge in [0.25, 0.3) is 0 Å². The van der Waals surface area contributed by atoms with Gasteiger partial charge in [-0.2, -0.15) is 5.10 Å². The van der Waals surface area contributed by atoms with E-state index in [1.165, 1.54) is 39.7 Å². The number of halogens is 2. The predicted octanol–water partition coefficient (Wildman–Crippen LogP) is 5.46. The van der Waals surface area contributed by atoms with Crippen molar-refractivity contribution in [1.82, 2.24) is 5.43 Å². The average Bonchev–Trinajstić information content (AvgIpc) is 2.59. The highest BCUT2D eigenvalue weighted by Gasteiger charge is 2.62. The highest BCUT2D eigenvalue weighted by atomic mass is 35.5. The fourth-order valence-electron chi connectivity index (χ4n) is 7.07. The molecule has 4 aliphatic rings. The molecule has 1 aromatic carbocycles. The second-order valence-electron chi connectivity index (χ2n) is 9.94. The maximum Gasteiger partial charge on any atom is 0.246 e. The Labute approximate surface area is 182 Å². The van der Waals surface area contributed by atoms with Gasteiger partial charge >= 0.3 is 0 Å². The molecule has 0 radical (unpaired) electrons. The van der Waals surface area contributed by atoms with E-state index in [9.17, 15) is 4.79 Å². The molecule has 2 unspecified atom stereocenters. The van der Waals surface area contributed by atoms with Crippen LogP contribution in [0.1, 0.15) is 57.9 Å². The molecule has 0 aromatic heterocycles. The van der Waals surface area contributed by atoms with E-state index in [0.29, 0.717) is 28.0 Å². The first kappa shape index (κ1) is 20.8. The first-order chi connectivity index (χ1) is 13.6. The largest absolute Gasteiger partial charge is 0.494 e. The third-order valence-electron chi connectivity index (χ3n) is 7.05. The minimum Gasteiger partial charge on any atom is -0.494 e. The van der Waals surface area contributed by atoms with Gasteiger partial charge in [-0.15, -0.1) is 0 Å². The number of nitrogens with zero attached hydrogens (tertiary/aromatic N) is 1. The molecule has 0 spiro atoms. The lowest BCUT2D eigenvalue weighted by molar-refractivity contribution is -0.170. The molecule has 0 heterocycles. The summed E-state index contributed by atoms with van der Waals surface area (Å²) in [6, 6.07) is 1.66. The van der Waals surface area contributed by atoms with Gasteiger partial charge in [-0.1, -0.05) is 37.0 Å². The molecule has 5 nitrogen and oxygen atoms in total. The molecule has 2 atom stereocenters. The minimum absolute atomic E-state index is 0.0278. The summed E-state index contributed by atoms with van der Waals surface area (Å²) in [5.41, 5.74) is 3.62. The zero-order valence-corrected chi connectivity index (χ0v) is 18.9. The molecular weight excluding hydrogens is 411 g/mol. The average molecular weight is 439 g/mol. The van der Waals surface area contributed by atoms with E-state index >= 15 is 0 Å². The molecule has 4 saturated carbocycles. The number of carbonyl (C=O) groups excluding carboxylic acids is 1. The Morgan fingerprint density at radius 3 is 2.28 bits per heavy atom. The zero-order valence-electron chi connectivity index (χ0n) is 17.4. The summed E-state index contributed by atoms with van der Waals surface area (Å²) in [6.45, 7) is 4.71. The van der Waals surface area contributed by atoms with E-state index < -0.39 is 0 Å². The lowest BCUT2D eigenvalue weighted by atomic mass is 9.40. The van der Waals surface area contributed by atoms with Crippen LogP contribution in [0.25, 0.3) is 0 Å². The highest BCUT2D eigenvalue weighted by molar-refractivity contribution is 6.38. The van der Waals surface area contributed by atoms with Gasteiger partial charge in [-0.25, -0.2) is 5.43 Å². The molecule has 4 fully saturated rings. The van der Waals surface area contributed by atoms with Crippen molar-refractivity contribution in [2.45, 2.75) is 52.4 Å². The van der Waals surface area contributed by atoms with Gasteiger partial charge in [0.05, 0.1) is 30.9 Å². The number of hydrogen-bond donors (Lipinski definition) is 1. The summed E-state index contributed by atoms with van der Waals surface area (Å²) < 4.78 is 10.6. The van der Waals surface area contributed by atoms with Crippen molar-refractivity contribution in [3.63, 3.8) is 0 Å². The number of benzene rings is 1. The van der Waals surface area contributed by atoms with Crippen molar-refractivity contribution in [2.75, 3.05) is 14.2 Å². The minimum atomic E-state index is -0.306. The van der Waals surface area contributed by atoms with E-state index in [1.54, 1.807) is 6.07 Å². The van der Waals surface area contributed by atoms with E-state index in [2.05, 4.69) is 24.4 Å². The Morgan fingerprint density at radius 1 is 1.10 bits per heavy atom. The van der Waals surface area contributed by atoms with Crippen molar-refractivity contribution in [2.24, 2.45) is 27.3 Å². The number of nitrogens with one attached hydrogen (secondary N) is 1. The van der Waals surface area contributed by atoms with Crippen molar-refractivity contribution in [3.05, 3.63) is 21.7 Å². The van der Waals surface area contributed by atoms with Crippen LogP contribution < -0.4 is 14.9 Å². The highest BCUT2D eigenvalue weighted by Crippen LogP contribution is 2.69. The molecule has 1 aromatic rings. The monoisotopic (exact) mass is 438 g/mol. The third kappa shape index (κ3) is 3.50. The zero-order chi connectivity index (χ0) is 21.0. The van der Waals surface area contributed by atoms with Gasteiger partial charge in [0.1, 0.15) is 10.8 Å². The molecule has 4 aliphatic carbocycles. The summed E-state index contributed by atoms with van der Waals surface area (Å²) in [4.78, 5) is 13.2. The van der Waals surface area contributed by atoms with Gasteiger partial charge in [-0.3, -0.25) is 4.79 Å². The molecular formula is C22H28Cl2N2O3. The van der Waals surface area contributed by atoms with Gasteiger partial charge < -0.3 is 9.47 Å². The number of carbonyl (C=O) groups is 1. The van der Waals surface area contributed by atoms with E-state index in [0.717, 1.165) is 19.3 Å². The standard InChI is InChI=1S/C22H28Cl2N2O3/c1-20-6-13-7-21(2,10-20)12-22(8-13,11-20)19(27)26-25-9-14-5-15(23)18(29-4)16(24)17(14)28-3/h5,9,13H,6-8,10-12H2,1-4H3,(H,26,27)/b25-9+. The van der Waals surface area contributed by atoms with Crippen LogP contribution in [0.5, 0.6) is 11.5 Å². The van der Waals surface area contributed by atoms with E-state index in [-0.39, 0.29) is 27.2 Å². The fraction of sp³-hybridized carbons (Fsp3) is 0.636. The van der Waals surface area contributed by atoms with Gasteiger partial charge in [0.2, 0.25) is 5.91 Å². The second kappa shape index (κ2) is 7.05. The summed E-state index contributed by atoms with van der Waals surface area (Å²) in [6.07, 6.45) is 8.14. The Kier molecular flexibility index (Phi) is 5.06. The molecule has 5 rings (SSSR count). The first-order valence-electron chi connectivity index (χ1n) is 10.1. The molecule has 4 bridgehead atoms. The topological polar surface area (TPSA) is 59.9 Å². The van der Waals surface area contributed by atoms with Crippen LogP contribution in [0.2, 0.25) is 10.0 Å². The van der Waals surface area contributed by atoms with Crippen molar-refractivity contribution >= 4 is 35.3 Å². The predicted molar refractivity (Wildman–Crippen MR) is 115 cm³/mol. The lowest BCUT2D eigenvalue weighted by Gasteiger charge is -2.64. The number of amides is 1. The normalized spacial score (nSPS) is 35.2. The number of hydrazone groups is 1. The van der Waals surface area contributed by atoms with Gasteiger partial charge in [0, 0.05) is 5.56 Å². The van der Waals surface area contributed by atoms with E-state index in [4.69, 9.17) is 32.7 Å². The van der Waals surface area contributed by atoms with Crippen molar-refractivity contribution in [1.29, 1.82) is 0 Å². The second-order valence-corrected chi connectivity index (χ2v) is 10.7. The maximum atomic E-state index is 13.2. The van der Waals surface area contributed by atoms with Crippen LogP contribution in [0.4, 0.5) is 0 Å². The van der Waals surface area contributed by atoms with Gasteiger partial charge in [0.15, 0.2) is 5.75 Å². The quantitative estimate of drug-likeness (QED) is 0.490. The summed E-state index contributed by atoms with van der Waals surface area (Å²) >= 11 is 12.6. The van der Waals surface area contributed by atoms with Crippen LogP contribution in [0.15, 0.2) is 11.2 Å². The molecule has 1 N–H and O–H groups in total. The summed E-state index contributed by atoms with van der Waals surface area (Å²) in [7, 11) is 3.01. The molecule has 7 heteroatoms. The third-order valence-corrected chi connectivity index (χ3v) is 7.67.